The molecule has 5 heteroatoms. The number of likely N-dealkylation sites (N-methyl/N-ethyl adjacent to an activating group) is 1. The Morgan fingerprint density at radius 1 is 1.20 bits per heavy atom. The van der Waals surface area contributed by atoms with Crippen LogP contribution in [0.3, 0.4) is 0 Å². The maximum absolute atomic E-state index is 11.6. The second-order valence-corrected chi connectivity index (χ2v) is 6.44. The van der Waals surface area contributed by atoms with Crippen molar-refractivity contribution >= 4 is 9.84 Å². The first kappa shape index (κ1) is 12.9. The molecule has 1 aliphatic heterocycles. The summed E-state index contributed by atoms with van der Waals surface area (Å²) in [4.78, 5) is 0. The molecule has 0 bridgehead atoms. The molecule has 1 atom stereocenters. The summed E-state index contributed by atoms with van der Waals surface area (Å²) in [6.07, 6.45) is 2.73. The quantitative estimate of drug-likeness (QED) is 0.643. The lowest BCUT2D eigenvalue weighted by Gasteiger charge is -2.22. The molecule has 4 nitrogen and oxygen atoms in total. The fourth-order valence-corrected chi connectivity index (χ4v) is 3.70. The number of hydrogen-bond donors (Lipinski definition) is 2. The summed E-state index contributed by atoms with van der Waals surface area (Å²) in [5.74, 6) is 0.382. The molecule has 1 fully saturated rings. The predicted octanol–water partition coefficient (Wildman–Crippen LogP) is 0.153. The van der Waals surface area contributed by atoms with E-state index >= 15 is 0 Å². The minimum Gasteiger partial charge on any atom is -0.316 e. The molecule has 0 radical (unpaired) electrons. The van der Waals surface area contributed by atoms with Gasteiger partial charge in [0.1, 0.15) is 0 Å². The summed E-state index contributed by atoms with van der Waals surface area (Å²) in [5, 5.41) is 6.25. The zero-order chi connectivity index (χ0) is 11.1. The molecule has 15 heavy (non-hydrogen) atoms. The van der Waals surface area contributed by atoms with E-state index in [4.69, 9.17) is 0 Å². The summed E-state index contributed by atoms with van der Waals surface area (Å²) >= 11 is 0. The molecular weight excluding hydrogens is 212 g/mol. The van der Waals surface area contributed by atoms with Crippen LogP contribution in [0.15, 0.2) is 0 Å². The van der Waals surface area contributed by atoms with Gasteiger partial charge in [-0.25, -0.2) is 8.42 Å². The lowest BCUT2D eigenvalue weighted by atomic mass is 10.2. The Bertz CT molecular complexity index is 265. The molecular formula is C10H22N2O2S. The normalized spacial score (nSPS) is 25.3. The van der Waals surface area contributed by atoms with E-state index < -0.39 is 9.84 Å². The smallest absolute Gasteiger partial charge is 0.154 e. The SMILES string of the molecule is CCNCCNCC1CCCCS1(=O)=O. The fourth-order valence-electron chi connectivity index (χ4n) is 1.87. The molecule has 1 aliphatic rings. The van der Waals surface area contributed by atoms with Gasteiger partial charge in [-0.3, -0.25) is 0 Å². The summed E-state index contributed by atoms with van der Waals surface area (Å²) < 4.78 is 23.3. The lowest BCUT2D eigenvalue weighted by Crippen LogP contribution is -2.39. The van der Waals surface area contributed by atoms with Crippen molar-refractivity contribution in [1.82, 2.24) is 10.6 Å². The Hall–Kier alpha value is -0.130. The molecule has 0 amide bonds. The standard InChI is InChI=1S/C10H22N2O2S/c1-2-11-6-7-12-9-10-5-3-4-8-15(10,13)14/h10-12H,2-9H2,1H3. The van der Waals surface area contributed by atoms with E-state index in [-0.39, 0.29) is 5.25 Å². The van der Waals surface area contributed by atoms with Crippen molar-refractivity contribution in [3.63, 3.8) is 0 Å². The summed E-state index contributed by atoms with van der Waals surface area (Å²) in [7, 11) is -2.80. The largest absolute Gasteiger partial charge is 0.316 e. The number of hydrogen-bond acceptors (Lipinski definition) is 4. The van der Waals surface area contributed by atoms with E-state index in [2.05, 4.69) is 17.6 Å². The highest BCUT2D eigenvalue weighted by Crippen LogP contribution is 2.18. The Morgan fingerprint density at radius 3 is 2.60 bits per heavy atom. The van der Waals surface area contributed by atoms with Crippen molar-refractivity contribution in [2.75, 3.05) is 31.9 Å². The molecule has 0 spiro atoms. The fraction of sp³-hybridized carbons (Fsp3) is 1.00. The first-order valence-corrected chi connectivity index (χ1v) is 7.51. The summed E-state index contributed by atoms with van der Waals surface area (Å²) in [6, 6.07) is 0. The van der Waals surface area contributed by atoms with E-state index in [0.717, 1.165) is 38.9 Å². The van der Waals surface area contributed by atoms with Gasteiger partial charge in [0.15, 0.2) is 9.84 Å². The molecule has 1 rings (SSSR count). The van der Waals surface area contributed by atoms with Crippen LogP contribution in [-0.2, 0) is 9.84 Å². The molecule has 1 heterocycles. The average Bonchev–Trinajstić information content (AvgIpc) is 2.19. The maximum Gasteiger partial charge on any atom is 0.154 e. The first-order valence-electron chi connectivity index (χ1n) is 5.80. The Kier molecular flexibility index (Phi) is 5.56. The van der Waals surface area contributed by atoms with Gasteiger partial charge in [0.2, 0.25) is 0 Å². The Labute approximate surface area is 92.7 Å². The zero-order valence-electron chi connectivity index (χ0n) is 9.46. The third-order valence-corrected chi connectivity index (χ3v) is 5.09. The van der Waals surface area contributed by atoms with Gasteiger partial charge in [-0.15, -0.1) is 0 Å². The highest BCUT2D eigenvalue weighted by Gasteiger charge is 2.27. The molecule has 0 aromatic carbocycles. The van der Waals surface area contributed by atoms with E-state index in [9.17, 15) is 8.42 Å². The van der Waals surface area contributed by atoms with Crippen molar-refractivity contribution in [3.05, 3.63) is 0 Å². The molecule has 0 aliphatic carbocycles. The van der Waals surface area contributed by atoms with Crippen LogP contribution in [0.1, 0.15) is 26.2 Å². The van der Waals surface area contributed by atoms with Gasteiger partial charge < -0.3 is 10.6 Å². The van der Waals surface area contributed by atoms with Crippen LogP contribution in [0.25, 0.3) is 0 Å². The van der Waals surface area contributed by atoms with E-state index in [1.165, 1.54) is 0 Å². The van der Waals surface area contributed by atoms with Crippen LogP contribution < -0.4 is 10.6 Å². The van der Waals surface area contributed by atoms with E-state index in [1.54, 1.807) is 0 Å². The van der Waals surface area contributed by atoms with Crippen molar-refractivity contribution in [2.45, 2.75) is 31.4 Å². The molecule has 0 aromatic heterocycles. The first-order chi connectivity index (χ1) is 7.17. The maximum atomic E-state index is 11.6. The van der Waals surface area contributed by atoms with Crippen molar-refractivity contribution in [2.24, 2.45) is 0 Å². The zero-order valence-corrected chi connectivity index (χ0v) is 10.3. The van der Waals surface area contributed by atoms with E-state index in [1.807, 2.05) is 0 Å². The van der Waals surface area contributed by atoms with Crippen LogP contribution in [0, 0.1) is 0 Å². The van der Waals surface area contributed by atoms with E-state index in [0.29, 0.717) is 12.3 Å². The highest BCUT2D eigenvalue weighted by molar-refractivity contribution is 7.92. The monoisotopic (exact) mass is 234 g/mol. The lowest BCUT2D eigenvalue weighted by molar-refractivity contribution is 0.517. The van der Waals surface area contributed by atoms with Crippen molar-refractivity contribution < 1.29 is 8.42 Å². The Morgan fingerprint density at radius 2 is 1.93 bits per heavy atom. The number of nitrogens with one attached hydrogen (secondary N) is 2. The summed E-state index contributed by atoms with van der Waals surface area (Å²) in [5.41, 5.74) is 0. The third kappa shape index (κ3) is 4.49. The second kappa shape index (κ2) is 6.45. The third-order valence-electron chi connectivity index (χ3n) is 2.81. The predicted molar refractivity (Wildman–Crippen MR) is 62.8 cm³/mol. The Balaban J connectivity index is 2.19. The molecule has 0 saturated carbocycles. The van der Waals surface area contributed by atoms with Gasteiger partial charge in [0, 0.05) is 19.6 Å². The molecule has 1 unspecified atom stereocenters. The second-order valence-electron chi connectivity index (χ2n) is 4.04. The summed E-state index contributed by atoms with van der Waals surface area (Å²) in [6.45, 7) is 5.39. The number of sulfone groups is 1. The van der Waals surface area contributed by atoms with Crippen molar-refractivity contribution in [1.29, 1.82) is 0 Å². The minimum absolute atomic E-state index is 0.145. The van der Waals surface area contributed by atoms with Crippen LogP contribution in [0.5, 0.6) is 0 Å². The van der Waals surface area contributed by atoms with Gasteiger partial charge in [-0.1, -0.05) is 13.3 Å². The molecule has 2 N–H and O–H groups in total. The highest BCUT2D eigenvalue weighted by atomic mass is 32.2. The minimum atomic E-state index is -2.80. The average molecular weight is 234 g/mol. The van der Waals surface area contributed by atoms with Crippen molar-refractivity contribution in [3.8, 4) is 0 Å². The van der Waals surface area contributed by atoms with Crippen LogP contribution in [0.4, 0.5) is 0 Å². The topological polar surface area (TPSA) is 58.2 Å². The van der Waals surface area contributed by atoms with Gasteiger partial charge in [-0.2, -0.15) is 0 Å². The molecule has 0 aromatic rings. The van der Waals surface area contributed by atoms with Crippen LogP contribution in [0.2, 0.25) is 0 Å². The number of rotatable bonds is 6. The molecule has 90 valence electrons. The van der Waals surface area contributed by atoms with Crippen LogP contribution >= 0.6 is 0 Å². The van der Waals surface area contributed by atoms with Crippen LogP contribution in [-0.4, -0.2) is 45.6 Å². The van der Waals surface area contributed by atoms with Gasteiger partial charge in [0.05, 0.1) is 11.0 Å². The van der Waals surface area contributed by atoms with Gasteiger partial charge in [-0.05, 0) is 19.4 Å². The van der Waals surface area contributed by atoms with Gasteiger partial charge >= 0.3 is 0 Å². The molecule has 1 saturated heterocycles. The van der Waals surface area contributed by atoms with Gasteiger partial charge in [0.25, 0.3) is 0 Å².